The summed E-state index contributed by atoms with van der Waals surface area (Å²) in [4.78, 5) is 30.4. The number of nitrogens with one attached hydrogen (secondary N) is 1. The van der Waals surface area contributed by atoms with Gasteiger partial charge in [0.15, 0.2) is 5.13 Å². The molecule has 1 aromatic heterocycles. The standard InChI is InChI=1S/C18H18FN3O2S/c19-15-6-3-13(4-7-15)5-8-16(23)22-10-1-2-14(12-22)17(24)21-18-20-9-11-25-18/h3-9,11,14H,1-2,10,12H2,(H,20,21,24)/b8-5+/t14-/m1/s1. The van der Waals surface area contributed by atoms with Gasteiger partial charge in [-0.05, 0) is 36.6 Å². The molecule has 0 aliphatic carbocycles. The lowest BCUT2D eigenvalue weighted by Gasteiger charge is -2.31. The van der Waals surface area contributed by atoms with E-state index in [1.807, 2.05) is 0 Å². The van der Waals surface area contributed by atoms with Crippen molar-refractivity contribution in [1.82, 2.24) is 9.88 Å². The minimum atomic E-state index is -0.311. The molecule has 0 bridgehead atoms. The molecule has 1 aliphatic heterocycles. The number of benzene rings is 1. The summed E-state index contributed by atoms with van der Waals surface area (Å²) in [6, 6.07) is 5.92. The number of hydrogen-bond acceptors (Lipinski definition) is 4. The number of rotatable bonds is 4. The van der Waals surface area contributed by atoms with E-state index in [9.17, 15) is 14.0 Å². The Hall–Kier alpha value is -2.54. The average Bonchev–Trinajstić information content (AvgIpc) is 3.14. The van der Waals surface area contributed by atoms with Gasteiger partial charge in [0.05, 0.1) is 5.92 Å². The van der Waals surface area contributed by atoms with Crippen LogP contribution in [-0.4, -0.2) is 34.8 Å². The first kappa shape index (κ1) is 17.3. The number of aromatic nitrogens is 1. The van der Waals surface area contributed by atoms with Crippen molar-refractivity contribution in [1.29, 1.82) is 0 Å². The Bertz CT molecular complexity index is 759. The van der Waals surface area contributed by atoms with E-state index in [1.54, 1.807) is 34.7 Å². The Morgan fingerprint density at radius 1 is 1.32 bits per heavy atom. The maximum Gasteiger partial charge on any atom is 0.246 e. The second kappa shape index (κ2) is 8.02. The highest BCUT2D eigenvalue weighted by Crippen LogP contribution is 2.20. The van der Waals surface area contributed by atoms with Gasteiger partial charge in [0.1, 0.15) is 5.82 Å². The van der Waals surface area contributed by atoms with Crippen LogP contribution >= 0.6 is 11.3 Å². The van der Waals surface area contributed by atoms with Crippen molar-refractivity contribution in [3.05, 3.63) is 53.3 Å². The van der Waals surface area contributed by atoms with E-state index >= 15 is 0 Å². The van der Waals surface area contributed by atoms with Gasteiger partial charge in [-0.3, -0.25) is 9.59 Å². The van der Waals surface area contributed by atoms with Gasteiger partial charge in [0, 0.05) is 30.7 Å². The van der Waals surface area contributed by atoms with E-state index < -0.39 is 0 Å². The minimum Gasteiger partial charge on any atom is -0.338 e. The summed E-state index contributed by atoms with van der Waals surface area (Å²) in [5.74, 6) is -0.791. The Labute approximate surface area is 149 Å². The third-order valence-electron chi connectivity index (χ3n) is 4.05. The average molecular weight is 359 g/mol. The number of carbonyl (C=O) groups is 2. The zero-order valence-corrected chi connectivity index (χ0v) is 14.3. The topological polar surface area (TPSA) is 62.3 Å². The van der Waals surface area contributed by atoms with Gasteiger partial charge in [0.25, 0.3) is 0 Å². The third kappa shape index (κ3) is 4.73. The summed E-state index contributed by atoms with van der Waals surface area (Å²) in [5.41, 5.74) is 0.754. The molecule has 1 saturated heterocycles. The van der Waals surface area contributed by atoms with Gasteiger partial charge < -0.3 is 10.2 Å². The van der Waals surface area contributed by atoms with Crippen molar-refractivity contribution in [3.8, 4) is 0 Å². The second-order valence-corrected chi connectivity index (χ2v) is 6.73. The zero-order chi connectivity index (χ0) is 17.6. The second-order valence-electron chi connectivity index (χ2n) is 5.83. The number of likely N-dealkylation sites (tertiary alicyclic amines) is 1. The van der Waals surface area contributed by atoms with Gasteiger partial charge in [-0.2, -0.15) is 0 Å². The molecule has 7 heteroatoms. The van der Waals surface area contributed by atoms with Crippen LogP contribution in [0, 0.1) is 11.7 Å². The first-order valence-electron chi connectivity index (χ1n) is 8.05. The van der Waals surface area contributed by atoms with Crippen LogP contribution in [0.1, 0.15) is 18.4 Å². The summed E-state index contributed by atoms with van der Waals surface area (Å²) in [6.07, 6.45) is 6.29. The lowest BCUT2D eigenvalue weighted by Crippen LogP contribution is -2.43. The van der Waals surface area contributed by atoms with Crippen LogP contribution in [0.5, 0.6) is 0 Å². The lowest BCUT2D eigenvalue weighted by molar-refractivity contribution is -0.130. The van der Waals surface area contributed by atoms with Crippen LogP contribution in [0.15, 0.2) is 41.9 Å². The fourth-order valence-corrected chi connectivity index (χ4v) is 3.26. The minimum absolute atomic E-state index is 0.102. The first-order chi connectivity index (χ1) is 12.1. The smallest absolute Gasteiger partial charge is 0.246 e. The Balaban J connectivity index is 1.57. The quantitative estimate of drug-likeness (QED) is 0.853. The maximum absolute atomic E-state index is 12.9. The molecule has 0 unspecified atom stereocenters. The number of thiazole rings is 1. The lowest BCUT2D eigenvalue weighted by atomic mass is 9.97. The molecule has 0 radical (unpaired) electrons. The van der Waals surface area contributed by atoms with Crippen LogP contribution in [0.4, 0.5) is 9.52 Å². The zero-order valence-electron chi connectivity index (χ0n) is 13.5. The van der Waals surface area contributed by atoms with E-state index in [2.05, 4.69) is 10.3 Å². The van der Waals surface area contributed by atoms with Gasteiger partial charge in [-0.1, -0.05) is 12.1 Å². The van der Waals surface area contributed by atoms with Gasteiger partial charge in [-0.15, -0.1) is 11.3 Å². The van der Waals surface area contributed by atoms with E-state index in [0.29, 0.717) is 18.2 Å². The molecule has 2 aromatic rings. The van der Waals surface area contributed by atoms with Crippen LogP contribution in [0.3, 0.4) is 0 Å². The molecule has 1 fully saturated rings. The fraction of sp³-hybridized carbons (Fsp3) is 0.278. The molecule has 130 valence electrons. The summed E-state index contributed by atoms with van der Waals surface area (Å²) in [5, 5.41) is 5.16. The molecule has 1 N–H and O–H groups in total. The molecule has 1 aromatic carbocycles. The number of carbonyl (C=O) groups excluding carboxylic acids is 2. The van der Waals surface area contributed by atoms with Crippen LogP contribution in [0.2, 0.25) is 0 Å². The van der Waals surface area contributed by atoms with Crippen molar-refractivity contribution in [3.63, 3.8) is 0 Å². The molecular formula is C18H18FN3O2S. The maximum atomic E-state index is 12.9. The van der Waals surface area contributed by atoms with E-state index in [1.165, 1.54) is 29.5 Å². The summed E-state index contributed by atoms with van der Waals surface area (Å²) in [6.45, 7) is 1.03. The first-order valence-corrected chi connectivity index (χ1v) is 8.93. The highest BCUT2D eigenvalue weighted by atomic mass is 32.1. The van der Waals surface area contributed by atoms with E-state index in [4.69, 9.17) is 0 Å². The normalized spacial score (nSPS) is 17.6. The molecule has 2 heterocycles. The molecule has 2 amide bonds. The van der Waals surface area contributed by atoms with E-state index in [0.717, 1.165) is 18.4 Å². The molecule has 0 spiro atoms. The van der Waals surface area contributed by atoms with Crippen molar-refractivity contribution < 1.29 is 14.0 Å². The molecule has 3 rings (SSSR count). The molecule has 1 atom stereocenters. The number of hydrogen-bond donors (Lipinski definition) is 1. The molecule has 25 heavy (non-hydrogen) atoms. The number of nitrogens with zero attached hydrogens (tertiary/aromatic N) is 2. The van der Waals surface area contributed by atoms with Crippen LogP contribution < -0.4 is 5.32 Å². The van der Waals surface area contributed by atoms with Gasteiger partial charge in [0.2, 0.25) is 11.8 Å². The highest BCUT2D eigenvalue weighted by Gasteiger charge is 2.27. The number of halogens is 1. The SMILES string of the molecule is O=C(Nc1nccs1)[C@@H]1CCCN(C(=O)/C=C/c2ccc(F)cc2)C1. The largest absolute Gasteiger partial charge is 0.338 e. The monoisotopic (exact) mass is 359 g/mol. The predicted molar refractivity (Wildman–Crippen MR) is 95.5 cm³/mol. The van der Waals surface area contributed by atoms with Crippen LogP contribution in [0.25, 0.3) is 6.08 Å². The fourth-order valence-electron chi connectivity index (χ4n) is 2.73. The Kier molecular flexibility index (Phi) is 5.55. The van der Waals surface area contributed by atoms with E-state index in [-0.39, 0.29) is 23.5 Å². The summed E-state index contributed by atoms with van der Waals surface area (Å²) >= 11 is 1.37. The van der Waals surface area contributed by atoms with Crippen LogP contribution in [-0.2, 0) is 9.59 Å². The van der Waals surface area contributed by atoms with Gasteiger partial charge in [-0.25, -0.2) is 9.37 Å². The number of piperidine rings is 1. The molecule has 5 nitrogen and oxygen atoms in total. The number of amides is 2. The summed E-state index contributed by atoms with van der Waals surface area (Å²) < 4.78 is 12.9. The highest BCUT2D eigenvalue weighted by molar-refractivity contribution is 7.13. The molecule has 1 aliphatic rings. The van der Waals surface area contributed by atoms with Gasteiger partial charge >= 0.3 is 0 Å². The van der Waals surface area contributed by atoms with Crippen molar-refractivity contribution in [2.24, 2.45) is 5.92 Å². The summed E-state index contributed by atoms with van der Waals surface area (Å²) in [7, 11) is 0. The Morgan fingerprint density at radius 3 is 2.84 bits per heavy atom. The third-order valence-corrected chi connectivity index (χ3v) is 4.74. The molecule has 0 saturated carbocycles. The predicted octanol–water partition coefficient (Wildman–Crippen LogP) is 3.17. The molecular weight excluding hydrogens is 341 g/mol. The number of anilines is 1. The van der Waals surface area contributed by atoms with Crippen molar-refractivity contribution in [2.75, 3.05) is 18.4 Å². The van der Waals surface area contributed by atoms with Crippen molar-refractivity contribution in [2.45, 2.75) is 12.8 Å². The van der Waals surface area contributed by atoms with Crippen molar-refractivity contribution >= 4 is 34.4 Å². The Morgan fingerprint density at radius 2 is 2.12 bits per heavy atom.